The molecule has 1 N–H and O–H groups in total. The van der Waals surface area contributed by atoms with E-state index >= 15 is 0 Å². The zero-order valence-corrected chi connectivity index (χ0v) is 13.0. The van der Waals surface area contributed by atoms with Gasteiger partial charge in [-0.3, -0.25) is 4.79 Å². The normalized spacial score (nSPS) is 25.0. The number of carbonyl (C=O) groups excluding carboxylic acids is 1. The number of fused-ring (bicyclic) bond motifs is 1. The molecule has 0 aromatic heterocycles. The molecule has 0 aliphatic carbocycles. The lowest BCUT2D eigenvalue weighted by atomic mass is 10.1. The molecule has 1 unspecified atom stereocenters. The number of nitrogens with one attached hydrogen (secondary N) is 1. The van der Waals surface area contributed by atoms with Gasteiger partial charge < -0.3 is 10.2 Å². The van der Waals surface area contributed by atoms with Crippen LogP contribution in [-0.4, -0.2) is 43.8 Å². The first-order valence-corrected chi connectivity index (χ1v) is 8.81. The first-order valence-electron chi connectivity index (χ1n) is 6.61. The average molecular weight is 327 g/mol. The van der Waals surface area contributed by atoms with Gasteiger partial charge in [0.15, 0.2) is 9.84 Å². The van der Waals surface area contributed by atoms with E-state index in [0.717, 1.165) is 11.3 Å². The first-order chi connectivity index (χ1) is 9.85. The van der Waals surface area contributed by atoms with Crippen LogP contribution >= 0.6 is 11.6 Å². The fourth-order valence-electron chi connectivity index (χ4n) is 2.69. The Hall–Kier alpha value is -1.53. The topological polar surface area (TPSA) is 66.5 Å². The molecule has 1 amide bonds. The van der Waals surface area contributed by atoms with Gasteiger partial charge >= 0.3 is 0 Å². The van der Waals surface area contributed by atoms with Crippen LogP contribution in [0.25, 0.3) is 5.57 Å². The van der Waals surface area contributed by atoms with E-state index in [1.54, 1.807) is 31.4 Å². The van der Waals surface area contributed by atoms with Gasteiger partial charge in [0.1, 0.15) is 0 Å². The number of benzene rings is 1. The van der Waals surface area contributed by atoms with Crippen LogP contribution in [0.4, 0.5) is 5.69 Å². The molecule has 1 aromatic carbocycles. The largest absolute Gasteiger partial charge is 0.376 e. The smallest absolute Gasteiger partial charge is 0.257 e. The van der Waals surface area contributed by atoms with Crippen LogP contribution in [0.5, 0.6) is 0 Å². The van der Waals surface area contributed by atoms with E-state index in [9.17, 15) is 13.2 Å². The Morgan fingerprint density at radius 2 is 2.19 bits per heavy atom. The van der Waals surface area contributed by atoms with E-state index in [1.165, 1.54) is 0 Å². The van der Waals surface area contributed by atoms with Crippen molar-refractivity contribution in [3.05, 3.63) is 35.0 Å². The Labute approximate surface area is 128 Å². The highest BCUT2D eigenvalue weighted by atomic mass is 35.5. The summed E-state index contributed by atoms with van der Waals surface area (Å²) in [5.74, 6) is 0.150. The Kier molecular flexibility index (Phi) is 3.45. The lowest BCUT2D eigenvalue weighted by Gasteiger charge is -2.21. The summed E-state index contributed by atoms with van der Waals surface area (Å²) in [5, 5.41) is 3.33. The lowest BCUT2D eigenvalue weighted by molar-refractivity contribution is -0.110. The minimum Gasteiger partial charge on any atom is -0.376 e. The minimum atomic E-state index is -2.95. The van der Waals surface area contributed by atoms with E-state index in [4.69, 9.17) is 11.6 Å². The molecule has 5 nitrogen and oxygen atoms in total. The van der Waals surface area contributed by atoms with Crippen LogP contribution in [0, 0.1) is 0 Å². The Morgan fingerprint density at radius 3 is 2.86 bits per heavy atom. The van der Waals surface area contributed by atoms with Crippen molar-refractivity contribution in [3.8, 4) is 0 Å². The first kappa shape index (κ1) is 14.4. The predicted molar refractivity (Wildman–Crippen MR) is 82.9 cm³/mol. The minimum absolute atomic E-state index is 0.0847. The summed E-state index contributed by atoms with van der Waals surface area (Å²) in [6.45, 7) is 0. The van der Waals surface area contributed by atoms with Crippen molar-refractivity contribution >= 4 is 38.6 Å². The van der Waals surface area contributed by atoms with Crippen molar-refractivity contribution in [2.45, 2.75) is 12.5 Å². The number of nitrogens with zero attached hydrogens (tertiary/aromatic N) is 1. The monoisotopic (exact) mass is 326 g/mol. The van der Waals surface area contributed by atoms with Gasteiger partial charge in [-0.25, -0.2) is 8.42 Å². The fourth-order valence-corrected chi connectivity index (χ4v) is 4.65. The second-order valence-electron chi connectivity index (χ2n) is 5.41. The second kappa shape index (κ2) is 5.03. The molecule has 21 heavy (non-hydrogen) atoms. The quantitative estimate of drug-likeness (QED) is 0.841. The molecule has 3 rings (SSSR count). The van der Waals surface area contributed by atoms with Crippen molar-refractivity contribution < 1.29 is 13.2 Å². The molecule has 1 saturated heterocycles. The number of halogens is 1. The summed E-state index contributed by atoms with van der Waals surface area (Å²) < 4.78 is 23.1. The molecule has 1 fully saturated rings. The third-order valence-corrected chi connectivity index (χ3v) is 5.87. The van der Waals surface area contributed by atoms with Gasteiger partial charge in [-0.05, 0) is 24.6 Å². The van der Waals surface area contributed by atoms with E-state index in [0.29, 0.717) is 17.0 Å². The van der Waals surface area contributed by atoms with Crippen LogP contribution in [0.1, 0.15) is 12.0 Å². The highest BCUT2D eigenvalue weighted by molar-refractivity contribution is 7.91. The molecule has 0 bridgehead atoms. The summed E-state index contributed by atoms with van der Waals surface area (Å²) in [5.41, 5.74) is 1.99. The third kappa shape index (κ3) is 2.78. The molecule has 2 heterocycles. The van der Waals surface area contributed by atoms with Crippen molar-refractivity contribution in [1.29, 1.82) is 0 Å². The zero-order chi connectivity index (χ0) is 15.2. The Balaban J connectivity index is 1.90. The van der Waals surface area contributed by atoms with Gasteiger partial charge in [-0.2, -0.15) is 0 Å². The average Bonchev–Trinajstić information content (AvgIpc) is 2.91. The Bertz CT molecular complexity index is 743. The van der Waals surface area contributed by atoms with Crippen LogP contribution in [-0.2, 0) is 14.6 Å². The number of carbonyl (C=O) groups is 1. The van der Waals surface area contributed by atoms with Gasteiger partial charge in [0.2, 0.25) is 0 Å². The maximum absolute atomic E-state index is 12.1. The van der Waals surface area contributed by atoms with Gasteiger partial charge in [0.05, 0.1) is 17.1 Å². The van der Waals surface area contributed by atoms with Gasteiger partial charge in [0, 0.05) is 35.6 Å². The van der Waals surface area contributed by atoms with Crippen molar-refractivity contribution in [1.82, 2.24) is 4.90 Å². The summed E-state index contributed by atoms with van der Waals surface area (Å²) in [7, 11) is -1.15. The van der Waals surface area contributed by atoms with Crippen molar-refractivity contribution in [3.63, 3.8) is 0 Å². The molecule has 112 valence electrons. The number of hydrogen-bond donors (Lipinski definition) is 1. The van der Waals surface area contributed by atoms with E-state index in [1.807, 2.05) is 4.90 Å². The molecule has 2 aliphatic rings. The molecular weight excluding hydrogens is 312 g/mol. The van der Waals surface area contributed by atoms with E-state index in [2.05, 4.69) is 5.32 Å². The molecule has 1 aromatic rings. The summed E-state index contributed by atoms with van der Waals surface area (Å²) in [4.78, 5) is 13.9. The predicted octanol–water partition coefficient (Wildman–Crippen LogP) is 1.75. The number of rotatable bonds is 2. The van der Waals surface area contributed by atoms with E-state index in [-0.39, 0.29) is 23.5 Å². The van der Waals surface area contributed by atoms with Crippen LogP contribution < -0.4 is 5.32 Å². The molecule has 1 atom stereocenters. The molecule has 0 spiro atoms. The molecule has 0 radical (unpaired) electrons. The molecular formula is C14H15ClN2O3S. The van der Waals surface area contributed by atoms with Crippen molar-refractivity contribution in [2.24, 2.45) is 0 Å². The maximum atomic E-state index is 12.1. The standard InChI is InChI=1S/C14H15ClN2O3S/c1-17(10-4-5-21(19,20)8-10)7-12-11-6-9(15)2-3-13(11)16-14(12)18/h2-3,6-7,10H,4-5,8H2,1H3,(H,16,18)/b12-7+. The summed E-state index contributed by atoms with van der Waals surface area (Å²) in [6.07, 6.45) is 2.30. The van der Waals surface area contributed by atoms with Crippen LogP contribution in [0.3, 0.4) is 0 Å². The zero-order valence-electron chi connectivity index (χ0n) is 11.5. The second-order valence-corrected chi connectivity index (χ2v) is 8.07. The van der Waals surface area contributed by atoms with Crippen molar-refractivity contribution in [2.75, 3.05) is 23.9 Å². The van der Waals surface area contributed by atoms with E-state index < -0.39 is 9.84 Å². The summed E-state index contributed by atoms with van der Waals surface area (Å²) in [6, 6.07) is 5.13. The number of hydrogen-bond acceptors (Lipinski definition) is 4. The highest BCUT2D eigenvalue weighted by Crippen LogP contribution is 2.34. The molecule has 7 heteroatoms. The summed E-state index contributed by atoms with van der Waals surface area (Å²) >= 11 is 5.98. The van der Waals surface area contributed by atoms with Gasteiger partial charge in [-0.1, -0.05) is 11.6 Å². The number of sulfone groups is 1. The fraction of sp³-hybridized carbons (Fsp3) is 0.357. The van der Waals surface area contributed by atoms with Gasteiger partial charge in [0.25, 0.3) is 5.91 Å². The number of anilines is 1. The highest BCUT2D eigenvalue weighted by Gasteiger charge is 2.31. The maximum Gasteiger partial charge on any atom is 0.257 e. The molecule has 0 saturated carbocycles. The SMILES string of the molecule is CN(/C=C1/C(=O)Nc2ccc(Cl)cc21)C1CCS(=O)(=O)C1. The Morgan fingerprint density at radius 1 is 1.43 bits per heavy atom. The lowest BCUT2D eigenvalue weighted by Crippen LogP contribution is -2.28. The third-order valence-electron chi connectivity index (χ3n) is 3.88. The molecule has 2 aliphatic heterocycles. The van der Waals surface area contributed by atoms with Crippen LogP contribution in [0.15, 0.2) is 24.4 Å². The van der Waals surface area contributed by atoms with Gasteiger partial charge in [-0.15, -0.1) is 0 Å². The van der Waals surface area contributed by atoms with Crippen LogP contribution in [0.2, 0.25) is 5.02 Å². The number of amides is 1.